The highest BCUT2D eigenvalue weighted by molar-refractivity contribution is 7.90. The molecule has 0 aliphatic carbocycles. The number of hydrogen-bond donors (Lipinski definition) is 2. The molecule has 31 heavy (non-hydrogen) atoms. The highest BCUT2D eigenvalue weighted by atomic mass is 32.2. The van der Waals surface area contributed by atoms with Crippen LogP contribution >= 0.6 is 0 Å². The van der Waals surface area contributed by atoms with Crippen LogP contribution < -0.4 is 10.2 Å². The smallest absolute Gasteiger partial charge is 0.491 e. The maximum absolute atomic E-state index is 14.3. The van der Waals surface area contributed by atoms with Crippen LogP contribution in [0.5, 0.6) is 5.75 Å². The fourth-order valence-electron chi connectivity index (χ4n) is 2.98. The van der Waals surface area contributed by atoms with Gasteiger partial charge in [0.25, 0.3) is 10.0 Å². The zero-order chi connectivity index (χ0) is 22.9. The van der Waals surface area contributed by atoms with E-state index in [9.17, 15) is 27.2 Å². The molecule has 1 heterocycles. The molecule has 0 amide bonds. The molecule has 1 aliphatic heterocycles. The van der Waals surface area contributed by atoms with E-state index < -0.39 is 34.2 Å². The Kier molecular flexibility index (Phi) is 6.44. The van der Waals surface area contributed by atoms with Crippen LogP contribution in [0.2, 0.25) is 0 Å². The summed E-state index contributed by atoms with van der Waals surface area (Å²) in [4.78, 5) is -0.348. The first-order chi connectivity index (χ1) is 14.5. The number of halogens is 2. The molecule has 0 fully saturated rings. The molecule has 0 unspecified atom stereocenters. The second-order valence-corrected chi connectivity index (χ2v) is 8.82. The standard InChI is InChI=1S/C19H20BF2N3O5S/c1-11(2)10-25(23-9-12-4-5-15(21)17(6-12)30-3)19-13-7-16(22)14(20(26)27)8-18(13)31(28,29)24-19/h4-9,11,26-27H,10H2,1-3H3/b23-9+. The number of fused-ring (bicyclic) bond motifs is 1. The Morgan fingerprint density at radius 1 is 1.23 bits per heavy atom. The second kappa shape index (κ2) is 8.73. The van der Waals surface area contributed by atoms with E-state index in [-0.39, 0.29) is 34.5 Å². The fourth-order valence-corrected chi connectivity index (χ4v) is 4.20. The molecule has 8 nitrogen and oxygen atoms in total. The number of nitrogens with zero attached hydrogens (tertiary/aromatic N) is 3. The molecule has 0 atom stereocenters. The summed E-state index contributed by atoms with van der Waals surface area (Å²) in [5.74, 6) is -1.60. The number of sulfonamides is 1. The van der Waals surface area contributed by atoms with Crippen LogP contribution in [0.15, 0.2) is 44.7 Å². The van der Waals surface area contributed by atoms with Crippen molar-refractivity contribution >= 4 is 34.7 Å². The van der Waals surface area contributed by atoms with Crippen molar-refractivity contribution < 1.29 is 32.0 Å². The molecule has 0 spiro atoms. The molecule has 0 bridgehead atoms. The molecule has 0 radical (unpaired) electrons. The number of methoxy groups -OCH3 is 1. The number of benzene rings is 2. The SMILES string of the molecule is COc1cc(/C=N/N(CC(C)C)C2=NS(=O)(=O)c3cc(B(O)O)c(F)cc32)ccc1F. The lowest BCUT2D eigenvalue weighted by atomic mass is 9.79. The number of ether oxygens (including phenoxy) is 1. The summed E-state index contributed by atoms with van der Waals surface area (Å²) in [6, 6.07) is 5.82. The van der Waals surface area contributed by atoms with E-state index in [0.717, 1.165) is 12.1 Å². The van der Waals surface area contributed by atoms with Crippen LogP contribution in [0.4, 0.5) is 8.78 Å². The fraction of sp³-hybridized carbons (Fsp3) is 0.263. The zero-order valence-corrected chi connectivity index (χ0v) is 17.8. The monoisotopic (exact) mass is 451 g/mol. The van der Waals surface area contributed by atoms with Crippen molar-refractivity contribution in [1.82, 2.24) is 5.01 Å². The summed E-state index contributed by atoms with van der Waals surface area (Å²) < 4.78 is 61.7. The van der Waals surface area contributed by atoms with Gasteiger partial charge in [-0.15, -0.1) is 4.40 Å². The Hall–Kier alpha value is -2.83. The van der Waals surface area contributed by atoms with Gasteiger partial charge in [0.2, 0.25) is 0 Å². The number of rotatable bonds is 6. The van der Waals surface area contributed by atoms with Crippen LogP contribution in [0.1, 0.15) is 25.0 Å². The van der Waals surface area contributed by atoms with Crippen molar-refractivity contribution in [3.05, 3.63) is 53.1 Å². The first kappa shape index (κ1) is 22.9. The molecule has 0 saturated carbocycles. The van der Waals surface area contributed by atoms with E-state index in [1.54, 1.807) is 0 Å². The lowest BCUT2D eigenvalue weighted by molar-refractivity contribution is 0.384. The Morgan fingerprint density at radius 2 is 1.94 bits per heavy atom. The van der Waals surface area contributed by atoms with Gasteiger partial charge < -0.3 is 14.8 Å². The van der Waals surface area contributed by atoms with Crippen molar-refractivity contribution in [2.75, 3.05) is 13.7 Å². The van der Waals surface area contributed by atoms with Crippen molar-refractivity contribution in [3.63, 3.8) is 0 Å². The molecule has 12 heteroatoms. The molecule has 2 aromatic rings. The Balaban J connectivity index is 2.06. The van der Waals surface area contributed by atoms with Crippen molar-refractivity contribution in [2.45, 2.75) is 18.7 Å². The lowest BCUT2D eigenvalue weighted by Crippen LogP contribution is -2.34. The maximum Gasteiger partial charge on any atom is 0.491 e. The molecule has 1 aliphatic rings. The van der Waals surface area contributed by atoms with Crippen LogP contribution in [0, 0.1) is 17.6 Å². The van der Waals surface area contributed by atoms with Crippen molar-refractivity contribution in [3.8, 4) is 5.75 Å². The van der Waals surface area contributed by atoms with E-state index in [1.807, 2.05) is 13.8 Å². The van der Waals surface area contributed by atoms with Gasteiger partial charge in [-0.05, 0) is 35.7 Å². The molecule has 3 rings (SSSR count). The van der Waals surface area contributed by atoms with Gasteiger partial charge in [-0.2, -0.15) is 13.5 Å². The minimum Gasteiger partial charge on any atom is -0.494 e. The quantitative estimate of drug-likeness (QED) is 0.387. The average Bonchev–Trinajstić information content (AvgIpc) is 2.95. The number of hydrazone groups is 1. The summed E-state index contributed by atoms with van der Waals surface area (Å²) in [6.45, 7) is 3.99. The molecule has 2 aromatic carbocycles. The van der Waals surface area contributed by atoms with Crippen LogP contribution in [-0.2, 0) is 10.0 Å². The molecular weight excluding hydrogens is 431 g/mol. The van der Waals surface area contributed by atoms with Gasteiger partial charge in [0.05, 0.1) is 13.3 Å². The summed E-state index contributed by atoms with van der Waals surface area (Å²) in [6.07, 6.45) is 1.37. The third-order valence-electron chi connectivity index (χ3n) is 4.41. The summed E-state index contributed by atoms with van der Waals surface area (Å²) in [5, 5.41) is 24.2. The van der Waals surface area contributed by atoms with Gasteiger partial charge in [-0.25, -0.2) is 13.8 Å². The number of amidine groups is 1. The summed E-state index contributed by atoms with van der Waals surface area (Å²) in [7, 11) is -5.05. The Morgan fingerprint density at radius 3 is 2.55 bits per heavy atom. The second-order valence-electron chi connectivity index (χ2n) is 7.25. The third-order valence-corrected chi connectivity index (χ3v) is 5.71. The molecule has 2 N–H and O–H groups in total. The predicted molar refractivity (Wildman–Crippen MR) is 112 cm³/mol. The largest absolute Gasteiger partial charge is 0.494 e. The van der Waals surface area contributed by atoms with Gasteiger partial charge >= 0.3 is 7.12 Å². The highest BCUT2D eigenvalue weighted by Crippen LogP contribution is 2.28. The van der Waals surface area contributed by atoms with E-state index >= 15 is 0 Å². The zero-order valence-electron chi connectivity index (χ0n) is 17.0. The predicted octanol–water partition coefficient (Wildman–Crippen LogP) is 1.09. The first-order valence-electron chi connectivity index (χ1n) is 9.23. The van der Waals surface area contributed by atoms with E-state index in [2.05, 4.69) is 9.50 Å². The topological polar surface area (TPSA) is 112 Å². The molecule has 164 valence electrons. The van der Waals surface area contributed by atoms with E-state index in [4.69, 9.17) is 4.74 Å². The van der Waals surface area contributed by atoms with Gasteiger partial charge in [-0.3, -0.25) is 0 Å². The van der Waals surface area contributed by atoms with Crippen molar-refractivity contribution in [2.24, 2.45) is 15.4 Å². The minimum atomic E-state index is -4.19. The van der Waals surface area contributed by atoms with Crippen LogP contribution in [0.25, 0.3) is 0 Å². The van der Waals surface area contributed by atoms with Gasteiger partial charge in [0.1, 0.15) is 10.7 Å². The van der Waals surface area contributed by atoms with Crippen LogP contribution in [-0.4, -0.2) is 56.3 Å². The maximum atomic E-state index is 14.3. The van der Waals surface area contributed by atoms with E-state index in [0.29, 0.717) is 5.56 Å². The Labute approximate surface area is 178 Å². The summed E-state index contributed by atoms with van der Waals surface area (Å²) in [5.41, 5.74) is -0.133. The van der Waals surface area contributed by atoms with E-state index in [1.165, 1.54) is 36.5 Å². The van der Waals surface area contributed by atoms with Gasteiger partial charge in [0, 0.05) is 17.6 Å². The van der Waals surface area contributed by atoms with Crippen LogP contribution in [0.3, 0.4) is 0 Å². The molecular formula is C19H20BF2N3O5S. The minimum absolute atomic E-state index is 0.0163. The van der Waals surface area contributed by atoms with Gasteiger partial charge in [0.15, 0.2) is 17.4 Å². The number of hydrogen-bond acceptors (Lipinski definition) is 7. The Bertz CT molecular complexity index is 1170. The third kappa shape index (κ3) is 4.76. The first-order valence-corrected chi connectivity index (χ1v) is 10.7. The lowest BCUT2D eigenvalue weighted by Gasteiger charge is -2.21. The average molecular weight is 451 g/mol. The summed E-state index contributed by atoms with van der Waals surface area (Å²) >= 11 is 0. The molecule has 0 saturated heterocycles. The van der Waals surface area contributed by atoms with Gasteiger partial charge in [-0.1, -0.05) is 19.9 Å². The molecule has 0 aromatic heterocycles. The van der Waals surface area contributed by atoms with Crippen molar-refractivity contribution in [1.29, 1.82) is 0 Å². The normalized spacial score (nSPS) is 14.6. The highest BCUT2D eigenvalue weighted by Gasteiger charge is 2.35.